The molecule has 1 aromatic carbocycles. The van der Waals surface area contributed by atoms with E-state index in [1.807, 2.05) is 23.9 Å². The third-order valence-corrected chi connectivity index (χ3v) is 4.94. The third-order valence-electron chi connectivity index (χ3n) is 4.01. The normalized spacial score (nSPS) is 16.7. The molecule has 0 aliphatic heterocycles. The van der Waals surface area contributed by atoms with Crippen LogP contribution in [-0.2, 0) is 0 Å². The van der Waals surface area contributed by atoms with Crippen LogP contribution in [0.5, 0.6) is 0 Å². The van der Waals surface area contributed by atoms with Crippen LogP contribution < -0.4 is 5.73 Å². The minimum atomic E-state index is 0.512. The van der Waals surface area contributed by atoms with Crippen LogP contribution in [0.15, 0.2) is 18.2 Å². The Kier molecular flexibility index (Phi) is 3.92. The minimum Gasteiger partial charge on any atom is -0.399 e. The summed E-state index contributed by atoms with van der Waals surface area (Å²) in [5.74, 6) is 4.37. The number of fused-ring (bicyclic) bond motifs is 1. The number of nitrogens with zero attached hydrogens (tertiary/aromatic N) is 2. The predicted octanol–water partition coefficient (Wildman–Crippen LogP) is 4.20. The fraction of sp³-hybridized carbons (Fsp3) is 0.562. The van der Waals surface area contributed by atoms with Gasteiger partial charge in [-0.1, -0.05) is 6.92 Å². The van der Waals surface area contributed by atoms with Gasteiger partial charge in [-0.25, -0.2) is 4.98 Å². The number of hydrogen-bond donors (Lipinski definition) is 1. The van der Waals surface area contributed by atoms with Crippen molar-refractivity contribution in [3.05, 3.63) is 24.0 Å². The van der Waals surface area contributed by atoms with E-state index in [1.54, 1.807) is 0 Å². The monoisotopic (exact) mass is 289 g/mol. The van der Waals surface area contributed by atoms with Crippen molar-refractivity contribution in [2.75, 3.05) is 17.2 Å². The number of nitrogens with two attached hydrogens (primary N) is 1. The maximum absolute atomic E-state index is 5.90. The molecule has 0 radical (unpaired) electrons. The first kappa shape index (κ1) is 13.8. The van der Waals surface area contributed by atoms with Crippen LogP contribution in [0.25, 0.3) is 11.0 Å². The van der Waals surface area contributed by atoms with E-state index >= 15 is 0 Å². The molecule has 20 heavy (non-hydrogen) atoms. The molecule has 1 unspecified atom stereocenters. The summed E-state index contributed by atoms with van der Waals surface area (Å²) in [7, 11) is 0. The fourth-order valence-electron chi connectivity index (χ4n) is 2.75. The van der Waals surface area contributed by atoms with Crippen LogP contribution in [0.1, 0.15) is 50.9 Å². The Balaban J connectivity index is 1.96. The van der Waals surface area contributed by atoms with Crippen molar-refractivity contribution in [1.29, 1.82) is 0 Å². The third kappa shape index (κ3) is 2.66. The fourth-order valence-corrected chi connectivity index (χ4v) is 3.55. The molecule has 0 saturated heterocycles. The average Bonchev–Trinajstić information content (AvgIpc) is 3.20. The van der Waals surface area contributed by atoms with Crippen LogP contribution in [-0.4, -0.2) is 21.1 Å². The second-order valence-electron chi connectivity index (χ2n) is 5.70. The summed E-state index contributed by atoms with van der Waals surface area (Å²) in [6, 6.07) is 6.64. The van der Waals surface area contributed by atoms with Crippen LogP contribution in [0.4, 0.5) is 5.69 Å². The summed E-state index contributed by atoms with van der Waals surface area (Å²) in [6.07, 6.45) is 3.78. The number of imidazole rings is 1. The lowest BCUT2D eigenvalue weighted by Gasteiger charge is -2.17. The second-order valence-corrected chi connectivity index (χ2v) is 7.09. The van der Waals surface area contributed by atoms with Gasteiger partial charge in [-0.15, -0.1) is 0 Å². The Labute approximate surface area is 124 Å². The Hall–Kier alpha value is -1.16. The molecule has 2 aromatic rings. The van der Waals surface area contributed by atoms with Crippen LogP contribution in [0, 0.1) is 0 Å². The topological polar surface area (TPSA) is 43.8 Å². The van der Waals surface area contributed by atoms with Gasteiger partial charge in [0, 0.05) is 17.6 Å². The zero-order valence-electron chi connectivity index (χ0n) is 12.3. The first-order chi connectivity index (χ1) is 9.70. The Morgan fingerprint density at radius 3 is 2.95 bits per heavy atom. The number of hydrogen-bond acceptors (Lipinski definition) is 3. The standard InChI is InChI=1S/C16H23N3S/c1-3-20-9-8-11(2)19-15-7-6-13(17)10-14(15)18-16(19)12-4-5-12/h6-7,10-12H,3-5,8-9,17H2,1-2H3. The molecule has 1 aliphatic carbocycles. The lowest BCUT2D eigenvalue weighted by Crippen LogP contribution is -2.10. The van der Waals surface area contributed by atoms with Crippen molar-refractivity contribution in [3.8, 4) is 0 Å². The maximum atomic E-state index is 5.90. The van der Waals surface area contributed by atoms with Crippen molar-refractivity contribution in [1.82, 2.24) is 9.55 Å². The van der Waals surface area contributed by atoms with E-state index in [2.05, 4.69) is 24.5 Å². The molecule has 1 heterocycles. The summed E-state index contributed by atoms with van der Waals surface area (Å²) in [5.41, 5.74) is 9.00. The maximum Gasteiger partial charge on any atom is 0.113 e. The molecule has 0 bridgehead atoms. The van der Waals surface area contributed by atoms with Gasteiger partial charge in [-0.2, -0.15) is 11.8 Å². The zero-order valence-corrected chi connectivity index (χ0v) is 13.1. The lowest BCUT2D eigenvalue weighted by molar-refractivity contribution is 0.526. The molecule has 0 amide bonds. The molecule has 1 saturated carbocycles. The molecule has 4 heteroatoms. The van der Waals surface area contributed by atoms with E-state index in [4.69, 9.17) is 10.7 Å². The molecule has 1 atom stereocenters. The van der Waals surface area contributed by atoms with Gasteiger partial charge < -0.3 is 10.3 Å². The van der Waals surface area contributed by atoms with Crippen molar-refractivity contribution in [3.63, 3.8) is 0 Å². The highest BCUT2D eigenvalue weighted by molar-refractivity contribution is 7.99. The molecule has 108 valence electrons. The molecule has 3 nitrogen and oxygen atoms in total. The quantitative estimate of drug-likeness (QED) is 0.640. The smallest absolute Gasteiger partial charge is 0.113 e. The number of aromatic nitrogens is 2. The molecule has 1 aromatic heterocycles. The summed E-state index contributed by atoms with van der Waals surface area (Å²) in [6.45, 7) is 4.54. The number of anilines is 1. The summed E-state index contributed by atoms with van der Waals surface area (Å²) in [4.78, 5) is 4.86. The largest absolute Gasteiger partial charge is 0.399 e. The number of benzene rings is 1. The molecule has 1 aliphatic rings. The van der Waals surface area contributed by atoms with Crippen molar-refractivity contribution >= 4 is 28.5 Å². The van der Waals surface area contributed by atoms with Crippen LogP contribution in [0.3, 0.4) is 0 Å². The average molecular weight is 289 g/mol. The lowest BCUT2D eigenvalue weighted by atomic mass is 10.2. The van der Waals surface area contributed by atoms with Gasteiger partial charge in [0.1, 0.15) is 5.82 Å². The van der Waals surface area contributed by atoms with Gasteiger partial charge in [0.05, 0.1) is 11.0 Å². The van der Waals surface area contributed by atoms with Gasteiger partial charge in [0.25, 0.3) is 0 Å². The van der Waals surface area contributed by atoms with Crippen LogP contribution >= 0.6 is 11.8 Å². The predicted molar refractivity (Wildman–Crippen MR) is 88.4 cm³/mol. The van der Waals surface area contributed by atoms with E-state index < -0.39 is 0 Å². The minimum absolute atomic E-state index is 0.512. The zero-order chi connectivity index (χ0) is 14.1. The van der Waals surface area contributed by atoms with E-state index in [-0.39, 0.29) is 0 Å². The second kappa shape index (κ2) is 5.68. The SMILES string of the molecule is CCSCCC(C)n1c(C2CC2)nc2cc(N)ccc21. The van der Waals surface area contributed by atoms with Gasteiger partial charge >= 0.3 is 0 Å². The molecule has 2 N–H and O–H groups in total. The van der Waals surface area contributed by atoms with Gasteiger partial charge in [-0.05, 0) is 55.9 Å². The summed E-state index contributed by atoms with van der Waals surface area (Å²) >= 11 is 2.02. The van der Waals surface area contributed by atoms with Gasteiger partial charge in [0.15, 0.2) is 0 Å². The van der Waals surface area contributed by atoms with E-state index in [1.165, 1.54) is 42.1 Å². The highest BCUT2D eigenvalue weighted by atomic mass is 32.2. The first-order valence-corrected chi connectivity index (χ1v) is 8.71. The van der Waals surface area contributed by atoms with Gasteiger partial charge in [-0.3, -0.25) is 0 Å². The number of thioether (sulfide) groups is 1. The summed E-state index contributed by atoms with van der Waals surface area (Å²) in [5, 5.41) is 0. The van der Waals surface area contributed by atoms with E-state index in [0.29, 0.717) is 12.0 Å². The highest BCUT2D eigenvalue weighted by Gasteiger charge is 2.30. The molecular weight excluding hydrogens is 266 g/mol. The van der Waals surface area contributed by atoms with Crippen molar-refractivity contribution in [2.45, 2.75) is 45.1 Å². The molecule has 3 rings (SSSR count). The highest BCUT2D eigenvalue weighted by Crippen LogP contribution is 2.42. The molecular formula is C16H23N3S. The number of nitrogen functional groups attached to an aromatic ring is 1. The van der Waals surface area contributed by atoms with Crippen molar-refractivity contribution < 1.29 is 0 Å². The number of rotatable bonds is 6. The van der Waals surface area contributed by atoms with Crippen molar-refractivity contribution in [2.24, 2.45) is 0 Å². The molecule has 0 spiro atoms. The molecule has 1 fully saturated rings. The van der Waals surface area contributed by atoms with E-state index in [0.717, 1.165) is 11.2 Å². The van der Waals surface area contributed by atoms with Gasteiger partial charge in [0.2, 0.25) is 0 Å². The first-order valence-electron chi connectivity index (χ1n) is 7.55. The Morgan fingerprint density at radius 1 is 1.45 bits per heavy atom. The summed E-state index contributed by atoms with van der Waals surface area (Å²) < 4.78 is 2.46. The Morgan fingerprint density at radius 2 is 2.25 bits per heavy atom. The van der Waals surface area contributed by atoms with E-state index in [9.17, 15) is 0 Å². The van der Waals surface area contributed by atoms with Crippen LogP contribution in [0.2, 0.25) is 0 Å². The Bertz CT molecular complexity index is 601.